The molecule has 174 valence electrons. The highest BCUT2D eigenvalue weighted by Crippen LogP contribution is 2.40. The number of ether oxygens (including phenoxy) is 1. The lowest BCUT2D eigenvalue weighted by molar-refractivity contribution is -0.384. The Hall–Kier alpha value is -3.72. The number of benzene rings is 2. The van der Waals surface area contributed by atoms with E-state index in [-0.39, 0.29) is 23.6 Å². The Bertz CT molecular complexity index is 1080. The molecule has 1 aliphatic rings. The summed E-state index contributed by atoms with van der Waals surface area (Å²) in [6, 6.07) is 11.4. The molecule has 1 heterocycles. The van der Waals surface area contributed by atoms with Gasteiger partial charge in [0.05, 0.1) is 23.1 Å². The van der Waals surface area contributed by atoms with Crippen LogP contribution in [0.1, 0.15) is 30.5 Å². The molecular weight excluding hydrogens is 426 g/mol. The molecule has 1 amide bonds. The fourth-order valence-electron chi connectivity index (χ4n) is 3.66. The molecule has 0 bridgehead atoms. The summed E-state index contributed by atoms with van der Waals surface area (Å²) in [6.07, 6.45) is 0.849. The molecule has 1 fully saturated rings. The number of non-ortho nitro benzene ring substituents is 1. The number of aliphatic hydroxyl groups is 1. The minimum Gasteiger partial charge on any atom is -0.507 e. The summed E-state index contributed by atoms with van der Waals surface area (Å²) in [4.78, 5) is 39.9. The number of nitro groups is 1. The van der Waals surface area contributed by atoms with Gasteiger partial charge in [0.1, 0.15) is 11.5 Å². The number of amides is 1. The molecule has 1 atom stereocenters. The molecule has 33 heavy (non-hydrogen) atoms. The van der Waals surface area contributed by atoms with Gasteiger partial charge in [-0.1, -0.05) is 19.1 Å². The quantitative estimate of drug-likeness (QED) is 0.204. The van der Waals surface area contributed by atoms with Crippen molar-refractivity contribution in [3.05, 3.63) is 75.3 Å². The SMILES string of the molecule is CCCOc1ccc(C(O)=C2C(=O)C(=O)N(CCN(C)C)[C@@H]2c2cccc([N+](=O)[O-])c2)cc1. The Balaban J connectivity index is 2.10. The normalized spacial score (nSPS) is 17.6. The molecule has 0 saturated carbocycles. The van der Waals surface area contributed by atoms with E-state index in [1.807, 2.05) is 25.9 Å². The van der Waals surface area contributed by atoms with Gasteiger partial charge < -0.3 is 19.6 Å². The van der Waals surface area contributed by atoms with Crippen LogP contribution in [-0.4, -0.2) is 65.3 Å². The van der Waals surface area contributed by atoms with Crippen molar-refractivity contribution < 1.29 is 24.4 Å². The number of likely N-dealkylation sites (tertiary alicyclic amines) is 1. The van der Waals surface area contributed by atoms with Crippen molar-refractivity contribution in [1.82, 2.24) is 9.80 Å². The Morgan fingerprint density at radius 3 is 2.48 bits per heavy atom. The van der Waals surface area contributed by atoms with Gasteiger partial charge in [0.15, 0.2) is 0 Å². The Kier molecular flexibility index (Phi) is 7.44. The van der Waals surface area contributed by atoms with Crippen LogP contribution in [0.4, 0.5) is 5.69 Å². The van der Waals surface area contributed by atoms with Gasteiger partial charge in [-0.15, -0.1) is 0 Å². The van der Waals surface area contributed by atoms with Crippen LogP contribution in [0.25, 0.3) is 5.76 Å². The van der Waals surface area contributed by atoms with Crippen LogP contribution >= 0.6 is 0 Å². The Morgan fingerprint density at radius 2 is 1.88 bits per heavy atom. The van der Waals surface area contributed by atoms with Crippen LogP contribution in [0.3, 0.4) is 0 Å². The van der Waals surface area contributed by atoms with Crippen molar-refractivity contribution in [2.45, 2.75) is 19.4 Å². The number of carbonyl (C=O) groups is 2. The van der Waals surface area contributed by atoms with E-state index in [0.29, 0.717) is 30.0 Å². The summed E-state index contributed by atoms with van der Waals surface area (Å²) in [5.41, 5.74) is 0.469. The highest BCUT2D eigenvalue weighted by Gasteiger charge is 2.46. The third-order valence-corrected chi connectivity index (χ3v) is 5.33. The first-order chi connectivity index (χ1) is 15.7. The van der Waals surface area contributed by atoms with E-state index >= 15 is 0 Å². The second-order valence-corrected chi connectivity index (χ2v) is 8.02. The minimum absolute atomic E-state index is 0.0959. The molecule has 1 saturated heterocycles. The fourth-order valence-corrected chi connectivity index (χ4v) is 3.66. The number of carbonyl (C=O) groups excluding carboxylic acids is 2. The van der Waals surface area contributed by atoms with Gasteiger partial charge in [0, 0.05) is 30.8 Å². The highest BCUT2D eigenvalue weighted by atomic mass is 16.6. The molecular formula is C24H27N3O6. The average Bonchev–Trinajstić information content (AvgIpc) is 3.06. The van der Waals surface area contributed by atoms with Crippen molar-refractivity contribution in [1.29, 1.82) is 0 Å². The van der Waals surface area contributed by atoms with Gasteiger partial charge in [-0.2, -0.15) is 0 Å². The van der Waals surface area contributed by atoms with Gasteiger partial charge in [0.25, 0.3) is 17.4 Å². The van der Waals surface area contributed by atoms with Gasteiger partial charge in [0.2, 0.25) is 0 Å². The molecule has 9 nitrogen and oxygen atoms in total. The topological polar surface area (TPSA) is 113 Å². The van der Waals surface area contributed by atoms with Crippen LogP contribution < -0.4 is 4.74 Å². The third-order valence-electron chi connectivity index (χ3n) is 5.33. The van der Waals surface area contributed by atoms with Crippen LogP contribution in [0.2, 0.25) is 0 Å². The lowest BCUT2D eigenvalue weighted by Crippen LogP contribution is -2.35. The first-order valence-corrected chi connectivity index (χ1v) is 10.6. The minimum atomic E-state index is -0.944. The summed E-state index contributed by atoms with van der Waals surface area (Å²) >= 11 is 0. The summed E-state index contributed by atoms with van der Waals surface area (Å²) in [6.45, 7) is 3.23. The summed E-state index contributed by atoms with van der Waals surface area (Å²) in [5.74, 6) is -1.29. The summed E-state index contributed by atoms with van der Waals surface area (Å²) in [7, 11) is 3.67. The maximum atomic E-state index is 13.0. The van der Waals surface area contributed by atoms with E-state index in [1.54, 1.807) is 30.3 Å². The van der Waals surface area contributed by atoms with Crippen LogP contribution in [-0.2, 0) is 9.59 Å². The number of hydrogen-bond donors (Lipinski definition) is 1. The average molecular weight is 453 g/mol. The molecule has 2 aromatic rings. The molecule has 1 N–H and O–H groups in total. The fraction of sp³-hybridized carbons (Fsp3) is 0.333. The van der Waals surface area contributed by atoms with Crippen molar-refractivity contribution in [3.8, 4) is 5.75 Å². The first-order valence-electron chi connectivity index (χ1n) is 10.6. The standard InChI is InChI=1S/C24H27N3O6/c1-4-14-33-19-10-8-16(9-11-19)22(28)20-21(17-6-5-7-18(15-17)27(31)32)26(13-12-25(2)3)24(30)23(20)29/h5-11,15,21,28H,4,12-14H2,1-3H3/t21-/m1/s1. The molecule has 0 radical (unpaired) electrons. The molecule has 0 aliphatic carbocycles. The van der Waals surface area contributed by atoms with E-state index in [2.05, 4.69) is 0 Å². The molecule has 2 aromatic carbocycles. The zero-order valence-electron chi connectivity index (χ0n) is 18.9. The zero-order chi connectivity index (χ0) is 24.1. The number of ketones is 1. The summed E-state index contributed by atoms with van der Waals surface area (Å²) in [5, 5.41) is 22.4. The van der Waals surface area contributed by atoms with Crippen molar-refractivity contribution in [2.75, 3.05) is 33.8 Å². The number of nitrogens with zero attached hydrogens (tertiary/aromatic N) is 3. The molecule has 3 rings (SSSR count). The monoisotopic (exact) mass is 453 g/mol. The predicted octanol–water partition coefficient (Wildman–Crippen LogP) is 3.37. The largest absolute Gasteiger partial charge is 0.507 e. The number of likely N-dealkylation sites (N-methyl/N-ethyl adjacent to an activating group) is 1. The van der Waals surface area contributed by atoms with Gasteiger partial charge in [-0.25, -0.2) is 0 Å². The zero-order valence-corrected chi connectivity index (χ0v) is 18.9. The molecule has 9 heteroatoms. The predicted molar refractivity (Wildman–Crippen MR) is 123 cm³/mol. The maximum Gasteiger partial charge on any atom is 0.295 e. The number of aliphatic hydroxyl groups excluding tert-OH is 1. The Morgan fingerprint density at radius 1 is 1.18 bits per heavy atom. The van der Waals surface area contributed by atoms with Gasteiger partial charge in [-0.3, -0.25) is 19.7 Å². The van der Waals surface area contributed by atoms with Crippen molar-refractivity contribution in [2.24, 2.45) is 0 Å². The van der Waals surface area contributed by atoms with E-state index < -0.39 is 22.7 Å². The van der Waals surface area contributed by atoms with E-state index in [1.165, 1.54) is 23.1 Å². The van der Waals surface area contributed by atoms with Crippen LogP contribution in [0, 0.1) is 10.1 Å². The van der Waals surface area contributed by atoms with Crippen molar-refractivity contribution >= 4 is 23.1 Å². The van der Waals surface area contributed by atoms with Gasteiger partial charge >= 0.3 is 0 Å². The Labute approximate surface area is 192 Å². The van der Waals surface area contributed by atoms with E-state index in [4.69, 9.17) is 4.74 Å². The molecule has 0 spiro atoms. The molecule has 0 unspecified atom stereocenters. The smallest absolute Gasteiger partial charge is 0.295 e. The van der Waals surface area contributed by atoms with Crippen LogP contribution in [0.15, 0.2) is 54.1 Å². The highest BCUT2D eigenvalue weighted by molar-refractivity contribution is 6.46. The number of rotatable bonds is 9. The van der Waals surface area contributed by atoms with E-state index in [0.717, 1.165) is 6.42 Å². The summed E-state index contributed by atoms with van der Waals surface area (Å²) < 4.78 is 5.56. The maximum absolute atomic E-state index is 13.0. The lowest BCUT2D eigenvalue weighted by atomic mass is 9.95. The van der Waals surface area contributed by atoms with Gasteiger partial charge in [-0.05, 0) is 50.3 Å². The second-order valence-electron chi connectivity index (χ2n) is 8.02. The van der Waals surface area contributed by atoms with E-state index in [9.17, 15) is 24.8 Å². The molecule has 0 aromatic heterocycles. The lowest BCUT2D eigenvalue weighted by Gasteiger charge is -2.26. The van der Waals surface area contributed by atoms with Crippen molar-refractivity contribution in [3.63, 3.8) is 0 Å². The number of nitro benzene ring substituents is 1. The number of hydrogen-bond acceptors (Lipinski definition) is 7. The first kappa shape index (κ1) is 23.9. The number of Topliss-reactive ketones (excluding diaryl/α,β-unsaturated/α-hetero) is 1. The third kappa shape index (κ3) is 5.20. The second kappa shape index (κ2) is 10.3. The van der Waals surface area contributed by atoms with Crippen LogP contribution in [0.5, 0.6) is 5.75 Å². The molecule has 1 aliphatic heterocycles.